The molecule has 0 aromatic heterocycles. The molecule has 0 spiro atoms. The van der Waals surface area contributed by atoms with Gasteiger partial charge in [0, 0.05) is 64.6 Å². The molecule has 2 aromatic carbocycles. The number of hydrogen-bond donors (Lipinski definition) is 0. The Morgan fingerprint density at radius 2 is 1.18 bits per heavy atom. The van der Waals surface area contributed by atoms with Crippen LogP contribution >= 0.6 is 0 Å². The van der Waals surface area contributed by atoms with E-state index in [-0.39, 0.29) is 12.2 Å². The lowest BCUT2D eigenvalue weighted by atomic mass is 10.0. The number of carbonyl (C=O) groups excluding carboxylic acids is 2. The first kappa shape index (κ1) is 28.7. The van der Waals surface area contributed by atoms with E-state index in [1.165, 1.54) is 22.4 Å². The lowest BCUT2D eigenvalue weighted by Gasteiger charge is -2.36. The summed E-state index contributed by atoms with van der Waals surface area (Å²) in [6.45, 7) is 18.2. The molecule has 2 saturated heterocycles. The molecule has 39 heavy (non-hydrogen) atoms. The van der Waals surface area contributed by atoms with Gasteiger partial charge in [-0.3, -0.25) is 4.90 Å². The highest BCUT2D eigenvalue weighted by Gasteiger charge is 2.27. The van der Waals surface area contributed by atoms with Gasteiger partial charge in [0.1, 0.15) is 11.2 Å². The van der Waals surface area contributed by atoms with Gasteiger partial charge >= 0.3 is 12.2 Å². The molecule has 2 aliphatic heterocycles. The molecule has 0 bridgehead atoms. The van der Waals surface area contributed by atoms with Crippen LogP contribution in [0.5, 0.6) is 0 Å². The van der Waals surface area contributed by atoms with E-state index in [9.17, 15) is 9.59 Å². The molecule has 0 unspecified atom stereocenters. The summed E-state index contributed by atoms with van der Waals surface area (Å²) in [6, 6.07) is 17.4. The van der Waals surface area contributed by atoms with Crippen molar-refractivity contribution in [1.29, 1.82) is 0 Å². The summed E-state index contributed by atoms with van der Waals surface area (Å²) >= 11 is 0. The normalized spacial score (nSPS) is 17.2. The monoisotopic (exact) mass is 536 g/mol. The van der Waals surface area contributed by atoms with Gasteiger partial charge in [-0.1, -0.05) is 30.3 Å². The van der Waals surface area contributed by atoms with Crippen molar-refractivity contribution in [3.8, 4) is 11.1 Å². The maximum absolute atomic E-state index is 12.4. The molecule has 0 radical (unpaired) electrons. The lowest BCUT2D eigenvalue weighted by molar-refractivity contribution is 0.0138. The van der Waals surface area contributed by atoms with E-state index in [2.05, 4.69) is 58.3 Å². The summed E-state index contributed by atoms with van der Waals surface area (Å²) in [7, 11) is 0. The highest BCUT2D eigenvalue weighted by molar-refractivity contribution is 5.70. The van der Waals surface area contributed by atoms with Crippen molar-refractivity contribution in [2.75, 3.05) is 57.3 Å². The van der Waals surface area contributed by atoms with Crippen LogP contribution in [-0.2, 0) is 16.0 Å². The molecular formula is C31H44N4O4. The van der Waals surface area contributed by atoms with Gasteiger partial charge in [-0.15, -0.1) is 0 Å². The molecule has 4 rings (SSSR count). The van der Waals surface area contributed by atoms with Crippen molar-refractivity contribution in [3.05, 3.63) is 54.1 Å². The van der Waals surface area contributed by atoms with Crippen molar-refractivity contribution in [2.45, 2.75) is 59.3 Å². The van der Waals surface area contributed by atoms with E-state index in [0.29, 0.717) is 26.2 Å². The van der Waals surface area contributed by atoms with E-state index >= 15 is 0 Å². The molecule has 2 amide bonds. The summed E-state index contributed by atoms with van der Waals surface area (Å²) in [6.07, 6.45) is -0.459. The number of rotatable bonds is 4. The van der Waals surface area contributed by atoms with Gasteiger partial charge < -0.3 is 24.2 Å². The van der Waals surface area contributed by atoms with Gasteiger partial charge in [-0.2, -0.15) is 0 Å². The fraction of sp³-hybridized carbons (Fsp3) is 0.548. The molecule has 0 saturated carbocycles. The highest BCUT2D eigenvalue weighted by atomic mass is 16.6. The van der Waals surface area contributed by atoms with Crippen LogP contribution in [0.25, 0.3) is 11.1 Å². The van der Waals surface area contributed by atoms with Crippen LogP contribution in [0.3, 0.4) is 0 Å². The topological polar surface area (TPSA) is 65.6 Å². The first-order chi connectivity index (χ1) is 18.4. The number of piperazine rings is 2. The van der Waals surface area contributed by atoms with E-state index in [1.54, 1.807) is 9.80 Å². The number of carbonyl (C=O) groups is 2. The van der Waals surface area contributed by atoms with Crippen molar-refractivity contribution < 1.29 is 19.1 Å². The first-order valence-electron chi connectivity index (χ1n) is 14.0. The second-order valence-corrected chi connectivity index (χ2v) is 12.4. The molecule has 0 atom stereocenters. The Hall–Kier alpha value is -3.26. The third-order valence-electron chi connectivity index (χ3n) is 6.85. The molecule has 212 valence electrons. The second kappa shape index (κ2) is 11.9. The van der Waals surface area contributed by atoms with Crippen LogP contribution in [0, 0.1) is 0 Å². The van der Waals surface area contributed by atoms with Gasteiger partial charge in [-0.25, -0.2) is 9.59 Å². The number of nitrogens with zero attached hydrogens (tertiary/aromatic N) is 4. The number of anilines is 1. The predicted octanol–water partition coefficient (Wildman–Crippen LogP) is 5.46. The first-order valence-corrected chi connectivity index (χ1v) is 14.0. The Bertz CT molecular complexity index is 1120. The molecule has 2 heterocycles. The Morgan fingerprint density at radius 1 is 0.667 bits per heavy atom. The van der Waals surface area contributed by atoms with E-state index < -0.39 is 11.2 Å². The summed E-state index contributed by atoms with van der Waals surface area (Å²) in [5.41, 5.74) is 3.87. The minimum Gasteiger partial charge on any atom is -0.444 e. The Kier molecular flexibility index (Phi) is 8.74. The Balaban J connectivity index is 1.29. The largest absolute Gasteiger partial charge is 0.444 e. The third kappa shape index (κ3) is 8.36. The van der Waals surface area contributed by atoms with Crippen molar-refractivity contribution in [3.63, 3.8) is 0 Å². The van der Waals surface area contributed by atoms with Crippen LogP contribution in [0.1, 0.15) is 47.1 Å². The van der Waals surface area contributed by atoms with Gasteiger partial charge in [0.2, 0.25) is 0 Å². The van der Waals surface area contributed by atoms with E-state index in [1.807, 2.05) is 41.5 Å². The van der Waals surface area contributed by atoms with Crippen LogP contribution < -0.4 is 4.90 Å². The third-order valence-corrected chi connectivity index (χ3v) is 6.85. The average Bonchev–Trinajstić information content (AvgIpc) is 2.87. The molecule has 8 nitrogen and oxygen atoms in total. The van der Waals surface area contributed by atoms with Gasteiger partial charge in [-0.05, 0) is 76.4 Å². The van der Waals surface area contributed by atoms with Crippen molar-refractivity contribution >= 4 is 17.9 Å². The maximum atomic E-state index is 12.4. The van der Waals surface area contributed by atoms with Crippen LogP contribution in [-0.4, -0.2) is 90.4 Å². The summed E-state index contributed by atoms with van der Waals surface area (Å²) in [5.74, 6) is 0. The second-order valence-electron chi connectivity index (χ2n) is 12.4. The van der Waals surface area contributed by atoms with Crippen molar-refractivity contribution in [1.82, 2.24) is 14.7 Å². The molecule has 8 heteroatoms. The lowest BCUT2D eigenvalue weighted by Crippen LogP contribution is -2.50. The quantitative estimate of drug-likeness (QED) is 0.517. The Morgan fingerprint density at radius 3 is 1.69 bits per heavy atom. The average molecular weight is 537 g/mol. The van der Waals surface area contributed by atoms with Crippen LogP contribution in [0.4, 0.5) is 15.3 Å². The minimum atomic E-state index is -0.474. The molecule has 2 fully saturated rings. The molecule has 0 aliphatic carbocycles. The van der Waals surface area contributed by atoms with E-state index in [0.717, 1.165) is 32.7 Å². The van der Waals surface area contributed by atoms with Crippen LogP contribution in [0.15, 0.2) is 48.5 Å². The number of ether oxygens (including phenoxy) is 2. The van der Waals surface area contributed by atoms with Gasteiger partial charge in [0.05, 0.1) is 0 Å². The molecule has 2 aliphatic rings. The number of amides is 2. The Labute approximate surface area is 233 Å². The fourth-order valence-electron chi connectivity index (χ4n) is 4.86. The van der Waals surface area contributed by atoms with Gasteiger partial charge in [0.25, 0.3) is 0 Å². The molecular weight excluding hydrogens is 492 g/mol. The fourth-order valence-corrected chi connectivity index (χ4v) is 4.86. The zero-order valence-electron chi connectivity index (χ0n) is 24.4. The minimum absolute atomic E-state index is 0.225. The summed E-state index contributed by atoms with van der Waals surface area (Å²) in [5, 5.41) is 0. The molecule has 2 aromatic rings. The SMILES string of the molecule is CC(C)(C)OC(=O)N1CCN(Cc2cccc(-c3ccc(N4CCN(C(=O)OC(C)(C)C)CC4)cc3)c2)CC1. The summed E-state index contributed by atoms with van der Waals surface area (Å²) in [4.78, 5) is 33.0. The maximum Gasteiger partial charge on any atom is 0.410 e. The zero-order valence-corrected chi connectivity index (χ0v) is 24.4. The van der Waals surface area contributed by atoms with Crippen molar-refractivity contribution in [2.24, 2.45) is 0 Å². The van der Waals surface area contributed by atoms with Crippen LogP contribution in [0.2, 0.25) is 0 Å². The smallest absolute Gasteiger partial charge is 0.410 e. The van der Waals surface area contributed by atoms with Gasteiger partial charge in [0.15, 0.2) is 0 Å². The zero-order chi connectivity index (χ0) is 28.2. The predicted molar refractivity (Wildman–Crippen MR) is 155 cm³/mol. The number of hydrogen-bond acceptors (Lipinski definition) is 6. The molecule has 0 N–H and O–H groups in total. The van der Waals surface area contributed by atoms with E-state index in [4.69, 9.17) is 9.47 Å². The highest BCUT2D eigenvalue weighted by Crippen LogP contribution is 2.26. The summed E-state index contributed by atoms with van der Waals surface area (Å²) < 4.78 is 11.0. The standard InChI is InChI=1S/C31H44N4O4/c1-30(2,3)38-28(36)34-16-14-32(15-17-34)23-24-8-7-9-26(22-24)25-10-12-27(13-11-25)33-18-20-35(21-19-33)29(37)39-31(4,5)6/h7-13,22H,14-21,23H2,1-6H3. The number of benzene rings is 2.